The number of hydrogen-bond donors (Lipinski definition) is 2. The Morgan fingerprint density at radius 2 is 1.89 bits per heavy atom. The number of aromatic nitrogens is 1. The summed E-state index contributed by atoms with van der Waals surface area (Å²) >= 11 is 0. The van der Waals surface area contributed by atoms with Crippen LogP contribution in [-0.2, 0) is 11.3 Å². The normalized spacial score (nSPS) is 12.0. The van der Waals surface area contributed by atoms with E-state index in [1.54, 1.807) is 7.11 Å². The van der Waals surface area contributed by atoms with Crippen molar-refractivity contribution in [1.29, 1.82) is 0 Å². The second-order valence-electron chi connectivity index (χ2n) is 6.45. The van der Waals surface area contributed by atoms with Crippen molar-refractivity contribution in [2.45, 2.75) is 26.4 Å². The number of rotatable bonds is 6. The topological polar surface area (TPSA) is 80.6 Å². The lowest BCUT2D eigenvalue weighted by atomic mass is 10.1. The lowest BCUT2D eigenvalue weighted by Gasteiger charge is -2.11. The van der Waals surface area contributed by atoms with Crippen LogP contribution in [0.15, 0.2) is 48.5 Å². The molecule has 0 fully saturated rings. The van der Waals surface area contributed by atoms with Gasteiger partial charge in [-0.05, 0) is 37.6 Å². The third-order valence-electron chi connectivity index (χ3n) is 4.66. The number of aliphatic carboxylic acids is 1. The minimum Gasteiger partial charge on any atom is -0.497 e. The Hall–Kier alpha value is -3.28. The van der Waals surface area contributed by atoms with Gasteiger partial charge in [-0.25, -0.2) is 0 Å². The number of ether oxygens (including phenoxy) is 1. The SMILES string of the molecule is COc1ccc2c(c1)c(C(=O)NC(C)C(=O)O)c(C)n2Cc1ccccc1. The molecule has 3 rings (SSSR count). The molecule has 0 aliphatic carbocycles. The van der Waals surface area contributed by atoms with Crippen LogP contribution in [0.5, 0.6) is 5.75 Å². The summed E-state index contributed by atoms with van der Waals surface area (Å²) in [6.45, 7) is 3.92. The molecule has 0 bridgehead atoms. The number of amides is 1. The predicted molar refractivity (Wildman–Crippen MR) is 103 cm³/mol. The highest BCUT2D eigenvalue weighted by Gasteiger charge is 2.23. The van der Waals surface area contributed by atoms with Crippen molar-refractivity contribution in [2.24, 2.45) is 0 Å². The zero-order valence-corrected chi connectivity index (χ0v) is 15.5. The van der Waals surface area contributed by atoms with Crippen LogP contribution in [0.1, 0.15) is 28.5 Å². The second kappa shape index (κ2) is 7.53. The van der Waals surface area contributed by atoms with Crippen LogP contribution in [0, 0.1) is 6.92 Å². The molecule has 1 unspecified atom stereocenters. The fourth-order valence-electron chi connectivity index (χ4n) is 3.18. The second-order valence-corrected chi connectivity index (χ2v) is 6.45. The maximum atomic E-state index is 12.8. The summed E-state index contributed by atoms with van der Waals surface area (Å²) < 4.78 is 7.37. The van der Waals surface area contributed by atoms with E-state index in [-0.39, 0.29) is 0 Å². The van der Waals surface area contributed by atoms with Crippen LogP contribution >= 0.6 is 0 Å². The van der Waals surface area contributed by atoms with E-state index in [9.17, 15) is 9.59 Å². The molecule has 1 aromatic heterocycles. The lowest BCUT2D eigenvalue weighted by molar-refractivity contribution is -0.138. The van der Waals surface area contributed by atoms with Crippen LogP contribution in [0.3, 0.4) is 0 Å². The highest BCUT2D eigenvalue weighted by atomic mass is 16.5. The van der Waals surface area contributed by atoms with Crippen LogP contribution in [0.25, 0.3) is 10.9 Å². The summed E-state index contributed by atoms with van der Waals surface area (Å²) in [6, 6.07) is 14.6. The van der Waals surface area contributed by atoms with Gasteiger partial charge in [0.15, 0.2) is 0 Å². The van der Waals surface area contributed by atoms with Crippen molar-refractivity contribution in [3.63, 3.8) is 0 Å². The van der Waals surface area contributed by atoms with Crippen molar-refractivity contribution < 1.29 is 19.4 Å². The first-order chi connectivity index (χ1) is 12.9. The Kier molecular flexibility index (Phi) is 5.16. The van der Waals surface area contributed by atoms with E-state index in [2.05, 4.69) is 9.88 Å². The average molecular weight is 366 g/mol. The Morgan fingerprint density at radius 1 is 1.19 bits per heavy atom. The van der Waals surface area contributed by atoms with E-state index in [1.807, 2.05) is 55.5 Å². The smallest absolute Gasteiger partial charge is 0.325 e. The molecular formula is C21H22N2O4. The highest BCUT2D eigenvalue weighted by Crippen LogP contribution is 2.30. The number of methoxy groups -OCH3 is 1. The summed E-state index contributed by atoms with van der Waals surface area (Å²) in [5, 5.41) is 12.4. The molecule has 3 aromatic rings. The van der Waals surface area contributed by atoms with E-state index >= 15 is 0 Å². The van der Waals surface area contributed by atoms with Gasteiger partial charge in [-0.2, -0.15) is 0 Å². The maximum Gasteiger partial charge on any atom is 0.325 e. The average Bonchev–Trinajstić information content (AvgIpc) is 2.93. The van der Waals surface area contributed by atoms with Gasteiger partial charge in [0, 0.05) is 23.1 Å². The lowest BCUT2D eigenvalue weighted by Crippen LogP contribution is -2.38. The molecule has 2 aromatic carbocycles. The molecule has 0 radical (unpaired) electrons. The molecule has 1 atom stereocenters. The molecule has 27 heavy (non-hydrogen) atoms. The largest absolute Gasteiger partial charge is 0.497 e. The number of carboxylic acids is 1. The van der Waals surface area contributed by atoms with Gasteiger partial charge in [-0.3, -0.25) is 9.59 Å². The van der Waals surface area contributed by atoms with E-state index < -0.39 is 17.9 Å². The fourth-order valence-corrected chi connectivity index (χ4v) is 3.18. The van der Waals surface area contributed by atoms with Gasteiger partial charge in [-0.15, -0.1) is 0 Å². The first-order valence-electron chi connectivity index (χ1n) is 8.66. The summed E-state index contributed by atoms with van der Waals surface area (Å²) in [6.07, 6.45) is 0. The van der Waals surface area contributed by atoms with Crippen molar-refractivity contribution >= 4 is 22.8 Å². The molecule has 1 heterocycles. The Bertz CT molecular complexity index is 992. The Labute approximate surface area is 157 Å². The van der Waals surface area contributed by atoms with Crippen molar-refractivity contribution in [3.05, 3.63) is 65.4 Å². The molecular weight excluding hydrogens is 344 g/mol. The zero-order valence-electron chi connectivity index (χ0n) is 15.5. The van der Waals surface area contributed by atoms with Gasteiger partial charge in [0.2, 0.25) is 0 Å². The molecule has 0 aliphatic rings. The number of hydrogen-bond acceptors (Lipinski definition) is 3. The summed E-state index contributed by atoms with van der Waals surface area (Å²) in [5.74, 6) is -0.848. The molecule has 140 valence electrons. The van der Waals surface area contributed by atoms with Gasteiger partial charge in [0.05, 0.1) is 12.7 Å². The molecule has 0 saturated carbocycles. The fraction of sp³-hybridized carbons (Fsp3) is 0.238. The minimum atomic E-state index is -1.08. The zero-order chi connectivity index (χ0) is 19.6. The summed E-state index contributed by atoms with van der Waals surface area (Å²) in [7, 11) is 1.57. The highest BCUT2D eigenvalue weighted by molar-refractivity contribution is 6.09. The summed E-state index contributed by atoms with van der Waals surface area (Å²) in [5.41, 5.74) is 3.24. The third-order valence-corrected chi connectivity index (χ3v) is 4.66. The van der Waals surface area contributed by atoms with Crippen LogP contribution in [-0.4, -0.2) is 34.7 Å². The monoisotopic (exact) mass is 366 g/mol. The number of nitrogens with zero attached hydrogens (tertiary/aromatic N) is 1. The quantitative estimate of drug-likeness (QED) is 0.702. The Balaban J connectivity index is 2.12. The van der Waals surface area contributed by atoms with Crippen molar-refractivity contribution in [2.75, 3.05) is 7.11 Å². The number of carbonyl (C=O) groups excluding carboxylic acids is 1. The summed E-state index contributed by atoms with van der Waals surface area (Å²) in [4.78, 5) is 24.0. The number of carbonyl (C=O) groups is 2. The molecule has 6 heteroatoms. The first-order valence-corrected chi connectivity index (χ1v) is 8.66. The molecule has 6 nitrogen and oxygen atoms in total. The van der Waals surface area contributed by atoms with E-state index in [1.165, 1.54) is 6.92 Å². The van der Waals surface area contributed by atoms with Crippen LogP contribution in [0.2, 0.25) is 0 Å². The number of nitrogens with one attached hydrogen (secondary N) is 1. The molecule has 0 saturated heterocycles. The van der Waals surface area contributed by atoms with Gasteiger partial charge < -0.3 is 19.7 Å². The standard InChI is InChI=1S/C21H22N2O4/c1-13(21(25)26)22-20(24)19-14(2)23(12-15-7-5-4-6-8-15)18-10-9-16(27-3)11-17(18)19/h4-11,13H,12H2,1-3H3,(H,22,24)(H,25,26). The van der Waals surface area contributed by atoms with Gasteiger partial charge in [0.25, 0.3) is 5.91 Å². The van der Waals surface area contributed by atoms with Gasteiger partial charge in [0.1, 0.15) is 11.8 Å². The maximum absolute atomic E-state index is 12.8. The number of carboxylic acid groups (broad SMARTS) is 1. The Morgan fingerprint density at radius 3 is 2.52 bits per heavy atom. The van der Waals surface area contributed by atoms with E-state index in [0.29, 0.717) is 17.9 Å². The van der Waals surface area contributed by atoms with Crippen molar-refractivity contribution in [1.82, 2.24) is 9.88 Å². The first kappa shape index (κ1) is 18.5. The van der Waals surface area contributed by atoms with Gasteiger partial charge in [-0.1, -0.05) is 30.3 Å². The number of benzene rings is 2. The minimum absolute atomic E-state index is 0.410. The molecule has 1 amide bonds. The van der Waals surface area contributed by atoms with E-state index in [0.717, 1.165) is 22.2 Å². The van der Waals surface area contributed by atoms with Crippen LogP contribution in [0.4, 0.5) is 0 Å². The molecule has 0 spiro atoms. The molecule has 0 aliphatic heterocycles. The van der Waals surface area contributed by atoms with Crippen LogP contribution < -0.4 is 10.1 Å². The number of fused-ring (bicyclic) bond motifs is 1. The third kappa shape index (κ3) is 3.65. The van der Waals surface area contributed by atoms with Crippen molar-refractivity contribution in [3.8, 4) is 5.75 Å². The predicted octanol–water partition coefficient (Wildman–Crippen LogP) is 3.21. The molecule has 2 N–H and O–H groups in total. The van der Waals surface area contributed by atoms with Gasteiger partial charge >= 0.3 is 5.97 Å². The van der Waals surface area contributed by atoms with E-state index in [4.69, 9.17) is 9.84 Å².